The number of benzene rings is 1. The molecule has 3 rings (SSSR count). The molecule has 1 aliphatic heterocycles. The van der Waals surface area contributed by atoms with Crippen molar-refractivity contribution in [3.63, 3.8) is 0 Å². The Kier molecular flexibility index (Phi) is 5.46. The van der Waals surface area contributed by atoms with Crippen molar-refractivity contribution in [3.8, 4) is 11.5 Å². The van der Waals surface area contributed by atoms with Gasteiger partial charge in [0.1, 0.15) is 0 Å². The normalized spacial score (nSPS) is 21.7. The molecule has 1 heterocycles. The van der Waals surface area contributed by atoms with Gasteiger partial charge in [0.05, 0.1) is 26.2 Å². The summed E-state index contributed by atoms with van der Waals surface area (Å²) in [5, 5.41) is 2.79. The lowest BCUT2D eigenvalue weighted by Gasteiger charge is -2.22. The fourth-order valence-corrected chi connectivity index (χ4v) is 3.76. The van der Waals surface area contributed by atoms with Crippen molar-refractivity contribution >= 4 is 11.9 Å². The van der Waals surface area contributed by atoms with E-state index in [0.717, 1.165) is 18.4 Å². The van der Waals surface area contributed by atoms with Crippen LogP contribution < -0.4 is 14.8 Å². The predicted molar refractivity (Wildman–Crippen MR) is 91.8 cm³/mol. The summed E-state index contributed by atoms with van der Waals surface area (Å²) in [6.07, 6.45) is 4.94. The van der Waals surface area contributed by atoms with Crippen molar-refractivity contribution in [1.29, 1.82) is 0 Å². The minimum Gasteiger partial charge on any atom is -0.493 e. The smallest absolute Gasteiger partial charge is 0.313 e. The van der Waals surface area contributed by atoms with Gasteiger partial charge in [0, 0.05) is 18.9 Å². The lowest BCUT2D eigenvalue weighted by atomic mass is 9.85. The summed E-state index contributed by atoms with van der Waals surface area (Å²) < 4.78 is 16.5. The molecule has 1 aliphatic carbocycles. The van der Waals surface area contributed by atoms with Crippen LogP contribution in [0.4, 0.5) is 0 Å². The Hall–Kier alpha value is -2.24. The number of esters is 1. The van der Waals surface area contributed by atoms with E-state index in [1.54, 1.807) is 7.11 Å². The Morgan fingerprint density at radius 1 is 1.20 bits per heavy atom. The van der Waals surface area contributed by atoms with Crippen LogP contribution in [0.5, 0.6) is 11.5 Å². The van der Waals surface area contributed by atoms with Crippen molar-refractivity contribution in [2.24, 2.45) is 5.92 Å². The van der Waals surface area contributed by atoms with Crippen molar-refractivity contribution < 1.29 is 23.8 Å². The molecule has 0 radical (unpaired) electrons. The molecule has 1 saturated carbocycles. The first-order valence-corrected chi connectivity index (χ1v) is 8.81. The summed E-state index contributed by atoms with van der Waals surface area (Å²) >= 11 is 0. The third-order valence-corrected chi connectivity index (χ3v) is 5.08. The summed E-state index contributed by atoms with van der Waals surface area (Å²) in [6, 6.07) is 5.53. The van der Waals surface area contributed by atoms with Gasteiger partial charge in [-0.15, -0.1) is 0 Å². The standard InChI is InChI=1S/C19H25NO5/c1-23-15-8-7-12(9-16(15)25-14-5-3-4-6-14)18(19(22)24-2)13-10-17(21)20-11-13/h7-9,13-14,18H,3-6,10-11H2,1-2H3,(H,20,21). The average molecular weight is 347 g/mol. The fraction of sp³-hybridized carbons (Fsp3) is 0.579. The molecule has 1 N–H and O–H groups in total. The summed E-state index contributed by atoms with van der Waals surface area (Å²) in [5.74, 6) is 0.319. The van der Waals surface area contributed by atoms with Crippen molar-refractivity contribution in [3.05, 3.63) is 23.8 Å². The molecule has 0 spiro atoms. The molecule has 2 fully saturated rings. The molecular weight excluding hydrogens is 322 g/mol. The van der Waals surface area contributed by atoms with Gasteiger partial charge in [-0.3, -0.25) is 9.59 Å². The van der Waals surface area contributed by atoms with Crippen LogP contribution in [0.15, 0.2) is 18.2 Å². The molecule has 25 heavy (non-hydrogen) atoms. The zero-order chi connectivity index (χ0) is 17.8. The summed E-state index contributed by atoms with van der Waals surface area (Å²) in [7, 11) is 2.98. The van der Waals surface area contributed by atoms with Gasteiger partial charge >= 0.3 is 5.97 Å². The first-order valence-electron chi connectivity index (χ1n) is 8.81. The average Bonchev–Trinajstić information content (AvgIpc) is 3.27. The minimum absolute atomic E-state index is 0.0326. The van der Waals surface area contributed by atoms with Crippen LogP contribution in [0.3, 0.4) is 0 Å². The lowest BCUT2D eigenvalue weighted by Crippen LogP contribution is -2.25. The van der Waals surface area contributed by atoms with Crippen LogP contribution in [0, 0.1) is 5.92 Å². The van der Waals surface area contributed by atoms with Crippen LogP contribution in [-0.2, 0) is 14.3 Å². The SMILES string of the molecule is COC(=O)C(c1ccc(OC)c(OC2CCCC2)c1)C1CNC(=O)C1. The van der Waals surface area contributed by atoms with Crippen molar-refractivity contribution in [1.82, 2.24) is 5.32 Å². The maximum Gasteiger partial charge on any atom is 0.313 e. The summed E-state index contributed by atoms with van der Waals surface area (Å²) in [6.45, 7) is 0.476. The zero-order valence-electron chi connectivity index (χ0n) is 14.7. The van der Waals surface area contributed by atoms with E-state index in [1.807, 2.05) is 18.2 Å². The second-order valence-corrected chi connectivity index (χ2v) is 6.70. The van der Waals surface area contributed by atoms with Gasteiger partial charge in [0.15, 0.2) is 11.5 Å². The van der Waals surface area contributed by atoms with Gasteiger partial charge in [-0.05, 0) is 43.4 Å². The fourth-order valence-electron chi connectivity index (χ4n) is 3.76. The van der Waals surface area contributed by atoms with E-state index in [2.05, 4.69) is 5.32 Å². The van der Waals surface area contributed by atoms with Crippen LogP contribution in [0.2, 0.25) is 0 Å². The second-order valence-electron chi connectivity index (χ2n) is 6.70. The molecule has 6 heteroatoms. The molecule has 2 atom stereocenters. The first-order chi connectivity index (χ1) is 12.1. The monoisotopic (exact) mass is 347 g/mol. The van der Waals surface area contributed by atoms with E-state index in [1.165, 1.54) is 20.0 Å². The molecule has 1 aromatic rings. The molecule has 1 saturated heterocycles. The highest BCUT2D eigenvalue weighted by Gasteiger charge is 2.36. The van der Waals surface area contributed by atoms with Gasteiger partial charge in [-0.1, -0.05) is 6.07 Å². The number of nitrogens with one attached hydrogen (secondary N) is 1. The molecule has 6 nitrogen and oxygen atoms in total. The minimum atomic E-state index is -0.499. The van der Waals surface area contributed by atoms with E-state index in [-0.39, 0.29) is 23.9 Å². The van der Waals surface area contributed by atoms with E-state index in [4.69, 9.17) is 14.2 Å². The van der Waals surface area contributed by atoms with Crippen LogP contribution >= 0.6 is 0 Å². The van der Waals surface area contributed by atoms with Crippen molar-refractivity contribution in [2.75, 3.05) is 20.8 Å². The molecule has 1 aromatic carbocycles. The number of carbonyl (C=O) groups is 2. The Morgan fingerprint density at radius 2 is 1.96 bits per heavy atom. The molecule has 2 unspecified atom stereocenters. The van der Waals surface area contributed by atoms with E-state index >= 15 is 0 Å². The number of methoxy groups -OCH3 is 2. The highest BCUT2D eigenvalue weighted by molar-refractivity contribution is 5.83. The summed E-state index contributed by atoms with van der Waals surface area (Å²) in [5.41, 5.74) is 0.794. The number of carbonyl (C=O) groups excluding carboxylic acids is 2. The second kappa shape index (κ2) is 7.76. The highest BCUT2D eigenvalue weighted by atomic mass is 16.5. The number of hydrogen-bond acceptors (Lipinski definition) is 5. The molecule has 2 aliphatic rings. The van der Waals surface area contributed by atoms with Crippen molar-refractivity contribution in [2.45, 2.75) is 44.1 Å². The van der Waals surface area contributed by atoms with Crippen LogP contribution in [0.1, 0.15) is 43.6 Å². The Labute approximate surface area is 147 Å². The Morgan fingerprint density at radius 3 is 2.56 bits per heavy atom. The van der Waals surface area contributed by atoms with E-state index in [0.29, 0.717) is 24.5 Å². The first kappa shape index (κ1) is 17.6. The molecular formula is C19H25NO5. The topological polar surface area (TPSA) is 73.9 Å². The third-order valence-electron chi connectivity index (χ3n) is 5.08. The third kappa shape index (κ3) is 3.89. The van der Waals surface area contributed by atoms with Gasteiger partial charge in [-0.25, -0.2) is 0 Å². The number of amides is 1. The largest absolute Gasteiger partial charge is 0.493 e. The van der Waals surface area contributed by atoms with Gasteiger partial charge in [-0.2, -0.15) is 0 Å². The van der Waals surface area contributed by atoms with Gasteiger partial charge < -0.3 is 19.5 Å². The lowest BCUT2D eigenvalue weighted by molar-refractivity contribution is -0.143. The van der Waals surface area contributed by atoms with Crippen LogP contribution in [0.25, 0.3) is 0 Å². The number of rotatable bonds is 6. The summed E-state index contributed by atoms with van der Waals surface area (Å²) in [4.78, 5) is 24.0. The quantitative estimate of drug-likeness (QED) is 0.800. The zero-order valence-corrected chi connectivity index (χ0v) is 14.7. The number of ether oxygens (including phenoxy) is 3. The van der Waals surface area contributed by atoms with E-state index in [9.17, 15) is 9.59 Å². The van der Waals surface area contributed by atoms with Gasteiger partial charge in [0.25, 0.3) is 0 Å². The maximum absolute atomic E-state index is 12.4. The molecule has 0 aromatic heterocycles. The highest BCUT2D eigenvalue weighted by Crippen LogP contribution is 2.38. The maximum atomic E-state index is 12.4. The molecule has 0 bridgehead atoms. The van der Waals surface area contributed by atoms with Crippen LogP contribution in [-0.4, -0.2) is 38.7 Å². The molecule has 1 amide bonds. The predicted octanol–water partition coefficient (Wildman–Crippen LogP) is 2.41. The number of hydrogen-bond donors (Lipinski definition) is 1. The Bertz CT molecular complexity index is 639. The molecule has 136 valence electrons. The Balaban J connectivity index is 1.89. The van der Waals surface area contributed by atoms with E-state index < -0.39 is 5.92 Å². The van der Waals surface area contributed by atoms with Gasteiger partial charge in [0.2, 0.25) is 5.91 Å².